The van der Waals surface area contributed by atoms with Crippen LogP contribution in [0.4, 0.5) is 5.82 Å². The van der Waals surface area contributed by atoms with Gasteiger partial charge in [0.1, 0.15) is 11.4 Å². The monoisotopic (exact) mass is 348 g/mol. The lowest BCUT2D eigenvalue weighted by Gasteiger charge is -2.18. The van der Waals surface area contributed by atoms with Crippen LogP contribution in [0.5, 0.6) is 11.5 Å². The zero-order valence-electron chi connectivity index (χ0n) is 14.8. The van der Waals surface area contributed by atoms with Crippen LogP contribution in [0.2, 0.25) is 0 Å². The van der Waals surface area contributed by atoms with E-state index in [0.717, 1.165) is 28.5 Å². The summed E-state index contributed by atoms with van der Waals surface area (Å²) in [5.74, 6) is 1.57. The Morgan fingerprint density at radius 2 is 2.00 bits per heavy atom. The Balaban J connectivity index is 1.42. The lowest BCUT2D eigenvalue weighted by Crippen LogP contribution is -2.25. The van der Waals surface area contributed by atoms with Crippen molar-refractivity contribution in [1.29, 1.82) is 0 Å². The van der Waals surface area contributed by atoms with Gasteiger partial charge >= 0.3 is 0 Å². The van der Waals surface area contributed by atoms with Gasteiger partial charge in [-0.25, -0.2) is 4.98 Å². The predicted molar refractivity (Wildman–Crippen MR) is 101 cm³/mol. The summed E-state index contributed by atoms with van der Waals surface area (Å²) in [5.41, 5.74) is 0.850. The molecule has 0 atom stereocenters. The van der Waals surface area contributed by atoms with Crippen molar-refractivity contribution in [1.82, 2.24) is 4.98 Å². The maximum absolute atomic E-state index is 12.2. The third-order valence-corrected chi connectivity index (χ3v) is 4.31. The highest BCUT2D eigenvalue weighted by Crippen LogP contribution is 2.41. The molecular formula is C21H20N2O3. The molecule has 5 heteroatoms. The van der Waals surface area contributed by atoms with Crippen molar-refractivity contribution in [3.8, 4) is 11.5 Å². The van der Waals surface area contributed by atoms with Gasteiger partial charge < -0.3 is 14.8 Å². The van der Waals surface area contributed by atoms with Gasteiger partial charge in [0.2, 0.25) is 0 Å². The maximum Gasteiger partial charge on any atom is 0.263 e. The molecule has 0 saturated heterocycles. The van der Waals surface area contributed by atoms with Crippen molar-refractivity contribution >= 4 is 22.5 Å². The zero-order chi connectivity index (χ0) is 18.1. The first-order valence-corrected chi connectivity index (χ1v) is 8.59. The van der Waals surface area contributed by atoms with E-state index >= 15 is 0 Å². The lowest BCUT2D eigenvalue weighted by molar-refractivity contribution is -0.118. The molecule has 1 amide bonds. The molecule has 0 bridgehead atoms. The van der Waals surface area contributed by atoms with Crippen molar-refractivity contribution in [3.05, 3.63) is 60.3 Å². The van der Waals surface area contributed by atoms with E-state index in [1.807, 2.05) is 62.4 Å². The summed E-state index contributed by atoms with van der Waals surface area (Å²) in [4.78, 5) is 16.5. The molecule has 1 aliphatic rings. The third-order valence-electron chi connectivity index (χ3n) is 4.31. The van der Waals surface area contributed by atoms with Crippen LogP contribution in [-0.4, -0.2) is 23.1 Å². The summed E-state index contributed by atoms with van der Waals surface area (Å²) in [6.45, 7) is 3.97. The van der Waals surface area contributed by atoms with Gasteiger partial charge in [0.05, 0.1) is 0 Å². The van der Waals surface area contributed by atoms with Gasteiger partial charge in [-0.2, -0.15) is 0 Å². The summed E-state index contributed by atoms with van der Waals surface area (Å²) < 4.78 is 11.7. The van der Waals surface area contributed by atoms with Crippen LogP contribution in [0.1, 0.15) is 19.4 Å². The quantitative estimate of drug-likeness (QED) is 0.775. The Morgan fingerprint density at radius 1 is 1.19 bits per heavy atom. The molecule has 0 spiro atoms. The number of fused-ring (bicyclic) bond motifs is 2. The molecule has 0 saturated carbocycles. The lowest BCUT2D eigenvalue weighted by atomic mass is 10.0. The number of nitrogens with zero attached hydrogens (tertiary/aromatic N) is 1. The van der Waals surface area contributed by atoms with Gasteiger partial charge in [-0.05, 0) is 31.4 Å². The van der Waals surface area contributed by atoms with Crippen LogP contribution in [-0.2, 0) is 11.2 Å². The molecule has 0 aliphatic carbocycles. The molecular weight excluding hydrogens is 328 g/mol. The Hall–Kier alpha value is -3.08. The molecule has 1 N–H and O–H groups in total. The van der Waals surface area contributed by atoms with Gasteiger partial charge in [0.25, 0.3) is 5.91 Å². The van der Waals surface area contributed by atoms with Gasteiger partial charge in [-0.1, -0.05) is 36.4 Å². The van der Waals surface area contributed by atoms with Gasteiger partial charge in [0.15, 0.2) is 18.1 Å². The largest absolute Gasteiger partial charge is 0.483 e. The van der Waals surface area contributed by atoms with Crippen molar-refractivity contribution < 1.29 is 14.3 Å². The Morgan fingerprint density at radius 3 is 2.85 bits per heavy atom. The maximum atomic E-state index is 12.2. The molecule has 3 aromatic rings. The number of para-hydroxylation sites is 1. The third kappa shape index (κ3) is 3.33. The molecule has 1 aromatic heterocycles. The molecule has 132 valence electrons. The Kier molecular flexibility index (Phi) is 3.99. The number of carbonyl (C=O) groups excluding carboxylic acids is 1. The topological polar surface area (TPSA) is 60.5 Å². The highest BCUT2D eigenvalue weighted by molar-refractivity contribution is 5.93. The molecule has 2 aromatic carbocycles. The number of rotatable bonds is 4. The number of hydrogen-bond acceptors (Lipinski definition) is 4. The standard InChI is InChI=1S/C21H20N2O3/c1-21(2)11-15-8-5-9-17(20(15)26-21)25-13-19(24)23-18-10-14-6-3-4-7-16(14)12-22-18/h3-10,12H,11,13H2,1-2H3,(H,22,23,24). The van der Waals surface area contributed by atoms with Crippen LogP contribution < -0.4 is 14.8 Å². The zero-order valence-corrected chi connectivity index (χ0v) is 14.8. The average Bonchev–Trinajstić information content (AvgIpc) is 2.94. The molecule has 2 heterocycles. The second-order valence-corrected chi connectivity index (χ2v) is 7.04. The van der Waals surface area contributed by atoms with Crippen molar-refractivity contribution in [2.75, 3.05) is 11.9 Å². The van der Waals surface area contributed by atoms with Gasteiger partial charge in [0, 0.05) is 23.6 Å². The van der Waals surface area contributed by atoms with E-state index in [-0.39, 0.29) is 18.1 Å². The van der Waals surface area contributed by atoms with E-state index in [1.165, 1.54) is 0 Å². The molecule has 0 unspecified atom stereocenters. The first-order valence-electron chi connectivity index (χ1n) is 8.59. The molecule has 1 aliphatic heterocycles. The minimum Gasteiger partial charge on any atom is -0.483 e. The summed E-state index contributed by atoms with van der Waals surface area (Å²) in [6, 6.07) is 15.5. The van der Waals surface area contributed by atoms with Gasteiger partial charge in [-0.3, -0.25) is 4.79 Å². The number of ether oxygens (including phenoxy) is 2. The number of pyridine rings is 1. The predicted octanol–water partition coefficient (Wildman–Crippen LogP) is 3.97. The summed E-state index contributed by atoms with van der Waals surface area (Å²) in [5, 5.41) is 4.82. The number of aromatic nitrogens is 1. The fraction of sp³-hybridized carbons (Fsp3) is 0.238. The van der Waals surface area contributed by atoms with Crippen LogP contribution in [0.15, 0.2) is 54.7 Å². The number of benzene rings is 2. The Bertz CT molecular complexity index is 982. The average molecular weight is 348 g/mol. The Labute approximate surface area is 152 Å². The minimum absolute atomic E-state index is 0.102. The SMILES string of the molecule is CC1(C)Cc2cccc(OCC(=O)Nc3cc4ccccc4cn3)c2O1. The molecule has 0 fully saturated rings. The van der Waals surface area contributed by atoms with Crippen LogP contribution in [0.25, 0.3) is 10.8 Å². The van der Waals surface area contributed by atoms with Crippen LogP contribution >= 0.6 is 0 Å². The molecule has 5 nitrogen and oxygen atoms in total. The number of anilines is 1. The highest BCUT2D eigenvalue weighted by atomic mass is 16.5. The van der Waals surface area contributed by atoms with E-state index in [4.69, 9.17) is 9.47 Å². The first kappa shape index (κ1) is 16.4. The highest BCUT2D eigenvalue weighted by Gasteiger charge is 2.32. The van der Waals surface area contributed by atoms with Crippen molar-refractivity contribution in [2.24, 2.45) is 0 Å². The molecule has 26 heavy (non-hydrogen) atoms. The van der Waals surface area contributed by atoms with Crippen molar-refractivity contribution in [2.45, 2.75) is 25.9 Å². The van der Waals surface area contributed by atoms with Crippen molar-refractivity contribution in [3.63, 3.8) is 0 Å². The second kappa shape index (κ2) is 6.33. The second-order valence-electron chi connectivity index (χ2n) is 7.04. The number of amides is 1. The van der Waals surface area contributed by atoms with E-state index in [1.54, 1.807) is 6.20 Å². The van der Waals surface area contributed by atoms with E-state index in [9.17, 15) is 4.79 Å². The first-order chi connectivity index (χ1) is 12.5. The summed E-state index contributed by atoms with van der Waals surface area (Å²) in [7, 11) is 0. The normalized spacial score (nSPS) is 14.5. The fourth-order valence-corrected chi connectivity index (χ4v) is 3.18. The molecule has 0 radical (unpaired) electrons. The minimum atomic E-state index is -0.261. The van der Waals surface area contributed by atoms with Gasteiger partial charge in [-0.15, -0.1) is 0 Å². The summed E-state index contributed by atoms with van der Waals surface area (Å²) >= 11 is 0. The van der Waals surface area contributed by atoms with Crippen LogP contribution in [0, 0.1) is 0 Å². The summed E-state index contributed by atoms with van der Waals surface area (Å²) in [6.07, 6.45) is 2.57. The van der Waals surface area contributed by atoms with Crippen LogP contribution in [0.3, 0.4) is 0 Å². The molecule has 4 rings (SSSR count). The van der Waals surface area contributed by atoms with E-state index in [0.29, 0.717) is 11.6 Å². The number of nitrogens with one attached hydrogen (secondary N) is 1. The van der Waals surface area contributed by atoms with E-state index in [2.05, 4.69) is 10.3 Å². The smallest absolute Gasteiger partial charge is 0.263 e. The van der Waals surface area contributed by atoms with E-state index < -0.39 is 0 Å². The number of hydrogen-bond donors (Lipinski definition) is 1. The number of carbonyl (C=O) groups is 1. The fourth-order valence-electron chi connectivity index (χ4n) is 3.18.